The maximum absolute atomic E-state index is 12.8. The number of aliphatic carboxylic acids is 2. The summed E-state index contributed by atoms with van der Waals surface area (Å²) >= 11 is 3.85. The van der Waals surface area contributed by atoms with Gasteiger partial charge in [0.25, 0.3) is 0 Å². The summed E-state index contributed by atoms with van der Waals surface area (Å²) in [4.78, 5) is 72.1. The second kappa shape index (κ2) is 12.9. The van der Waals surface area contributed by atoms with Crippen LogP contribution in [0.3, 0.4) is 0 Å². The van der Waals surface area contributed by atoms with E-state index in [0.717, 1.165) is 0 Å². The third-order valence-electron chi connectivity index (χ3n) is 4.93. The zero-order chi connectivity index (χ0) is 24.4. The van der Waals surface area contributed by atoms with Crippen molar-refractivity contribution in [2.24, 2.45) is 11.5 Å². The summed E-state index contributed by atoms with van der Waals surface area (Å²) in [7, 11) is 0. The topological polar surface area (TPSA) is 222 Å². The third kappa shape index (κ3) is 8.34. The van der Waals surface area contributed by atoms with Crippen molar-refractivity contribution in [1.29, 1.82) is 0 Å². The number of carbonyl (C=O) groups excluding carboxylic acids is 4. The fourth-order valence-electron chi connectivity index (χ4n) is 3.20. The van der Waals surface area contributed by atoms with E-state index in [1.54, 1.807) is 0 Å². The minimum Gasteiger partial charge on any atom is -0.481 e. The van der Waals surface area contributed by atoms with Gasteiger partial charge in [-0.1, -0.05) is 0 Å². The molecule has 180 valence electrons. The van der Waals surface area contributed by atoms with Gasteiger partial charge < -0.3 is 37.2 Å². The Balaban J connectivity index is 2.88. The molecule has 32 heavy (non-hydrogen) atoms. The Kier molecular flexibility index (Phi) is 10.9. The highest BCUT2D eigenvalue weighted by Gasteiger charge is 2.38. The highest BCUT2D eigenvalue weighted by atomic mass is 32.1. The number of hydrogen-bond acceptors (Lipinski definition) is 8. The number of likely N-dealkylation sites (tertiary alicyclic amines) is 1. The number of carbonyl (C=O) groups is 6. The largest absolute Gasteiger partial charge is 0.481 e. The van der Waals surface area contributed by atoms with E-state index < -0.39 is 66.2 Å². The van der Waals surface area contributed by atoms with E-state index in [0.29, 0.717) is 12.8 Å². The molecule has 13 nitrogen and oxygen atoms in total. The maximum Gasteiger partial charge on any atom is 0.327 e. The van der Waals surface area contributed by atoms with Gasteiger partial charge in [0.2, 0.25) is 23.6 Å². The molecule has 1 rings (SSSR count). The molecule has 0 aromatic carbocycles. The Morgan fingerprint density at radius 2 is 1.69 bits per heavy atom. The summed E-state index contributed by atoms with van der Waals surface area (Å²) in [5, 5.41) is 22.6. The predicted molar refractivity (Wildman–Crippen MR) is 113 cm³/mol. The van der Waals surface area contributed by atoms with Gasteiger partial charge in [-0.25, -0.2) is 4.79 Å². The fraction of sp³-hybridized carbons (Fsp3) is 0.667. The summed E-state index contributed by atoms with van der Waals surface area (Å²) in [5.74, 6) is -5.49. The molecule has 0 aromatic heterocycles. The fourth-order valence-corrected chi connectivity index (χ4v) is 3.45. The first kappa shape index (κ1) is 27.2. The van der Waals surface area contributed by atoms with Crippen molar-refractivity contribution in [2.45, 2.75) is 62.7 Å². The van der Waals surface area contributed by atoms with Crippen LogP contribution < -0.4 is 22.1 Å². The van der Waals surface area contributed by atoms with Crippen LogP contribution in [0.25, 0.3) is 0 Å². The van der Waals surface area contributed by atoms with Crippen molar-refractivity contribution in [3.8, 4) is 0 Å². The summed E-state index contributed by atoms with van der Waals surface area (Å²) in [6.45, 7) is 0.244. The molecule has 1 fully saturated rings. The Morgan fingerprint density at radius 1 is 1.03 bits per heavy atom. The molecule has 1 heterocycles. The standard InChI is InChI=1S/C18H29N5O8S/c19-9(3-5-13(20)24)17(29)23-7-1-2-12(23)16(28)21-10(4-6-14(25)26)15(27)22-11(8-32)18(30)31/h9-12,32H,1-8,19H2,(H2,20,24)(H,21,28)(H,22,27)(H,25,26)(H,30,31). The van der Waals surface area contributed by atoms with E-state index in [1.165, 1.54) is 4.90 Å². The average Bonchev–Trinajstić information content (AvgIpc) is 3.21. The molecule has 4 atom stereocenters. The average molecular weight is 476 g/mol. The zero-order valence-corrected chi connectivity index (χ0v) is 18.3. The minimum absolute atomic E-state index is 0.0168. The lowest BCUT2D eigenvalue weighted by Crippen LogP contribution is -2.57. The molecule has 0 aromatic rings. The van der Waals surface area contributed by atoms with Crippen LogP contribution >= 0.6 is 12.6 Å². The Bertz CT molecular complexity index is 749. The van der Waals surface area contributed by atoms with Crippen LogP contribution in [0, 0.1) is 0 Å². The Hall–Kier alpha value is -2.87. The Labute approximate surface area is 189 Å². The van der Waals surface area contributed by atoms with Crippen LogP contribution in [0.4, 0.5) is 0 Å². The van der Waals surface area contributed by atoms with Crippen molar-refractivity contribution in [2.75, 3.05) is 12.3 Å². The number of nitrogens with two attached hydrogens (primary N) is 2. The molecule has 4 amide bonds. The highest BCUT2D eigenvalue weighted by molar-refractivity contribution is 7.80. The summed E-state index contributed by atoms with van der Waals surface area (Å²) < 4.78 is 0. The SMILES string of the molecule is NC(=O)CCC(N)C(=O)N1CCCC1C(=O)NC(CCC(=O)O)C(=O)NC(CS)C(=O)O. The van der Waals surface area contributed by atoms with Gasteiger partial charge in [0.05, 0.1) is 6.04 Å². The maximum atomic E-state index is 12.8. The van der Waals surface area contributed by atoms with Gasteiger partial charge in [0.15, 0.2) is 0 Å². The molecule has 8 N–H and O–H groups in total. The summed E-state index contributed by atoms with van der Waals surface area (Å²) in [6.07, 6.45) is -0.0261. The van der Waals surface area contributed by atoms with Crippen LogP contribution in [0.15, 0.2) is 0 Å². The molecule has 0 saturated carbocycles. The van der Waals surface area contributed by atoms with Gasteiger partial charge in [-0.2, -0.15) is 12.6 Å². The zero-order valence-electron chi connectivity index (χ0n) is 17.4. The first-order valence-electron chi connectivity index (χ1n) is 9.98. The van der Waals surface area contributed by atoms with Crippen LogP contribution in [-0.4, -0.2) is 87.1 Å². The molecule has 0 radical (unpaired) electrons. The van der Waals surface area contributed by atoms with Crippen molar-refractivity contribution >= 4 is 48.2 Å². The van der Waals surface area contributed by atoms with E-state index in [4.69, 9.17) is 21.7 Å². The molecule has 1 aliphatic heterocycles. The number of amides is 4. The van der Waals surface area contributed by atoms with E-state index in [1.807, 2.05) is 0 Å². The molecular formula is C18H29N5O8S. The van der Waals surface area contributed by atoms with Crippen LogP contribution in [0.2, 0.25) is 0 Å². The van der Waals surface area contributed by atoms with Gasteiger partial charge in [-0.15, -0.1) is 0 Å². The normalized spacial score (nSPS) is 18.3. The van der Waals surface area contributed by atoms with E-state index >= 15 is 0 Å². The number of primary amides is 1. The molecular weight excluding hydrogens is 446 g/mol. The number of thiol groups is 1. The first-order chi connectivity index (χ1) is 15.0. The smallest absolute Gasteiger partial charge is 0.327 e. The summed E-state index contributed by atoms with van der Waals surface area (Å²) in [6, 6.07) is -4.64. The van der Waals surface area contributed by atoms with Gasteiger partial charge in [0.1, 0.15) is 18.1 Å². The minimum atomic E-state index is -1.34. The van der Waals surface area contributed by atoms with E-state index in [2.05, 4.69) is 23.3 Å². The van der Waals surface area contributed by atoms with Crippen LogP contribution in [-0.2, 0) is 28.8 Å². The van der Waals surface area contributed by atoms with E-state index in [-0.39, 0.29) is 31.6 Å². The molecule has 1 saturated heterocycles. The number of carboxylic acid groups (broad SMARTS) is 2. The molecule has 0 aliphatic carbocycles. The lowest BCUT2D eigenvalue weighted by molar-refractivity contribution is -0.143. The number of nitrogens with one attached hydrogen (secondary N) is 2. The number of rotatable bonds is 13. The number of hydrogen-bond donors (Lipinski definition) is 7. The number of nitrogens with zero attached hydrogens (tertiary/aromatic N) is 1. The van der Waals surface area contributed by atoms with Crippen molar-refractivity contribution in [3.63, 3.8) is 0 Å². The van der Waals surface area contributed by atoms with Crippen molar-refractivity contribution in [3.05, 3.63) is 0 Å². The van der Waals surface area contributed by atoms with Gasteiger partial charge in [-0.05, 0) is 25.7 Å². The predicted octanol–water partition coefficient (Wildman–Crippen LogP) is -2.58. The number of carboxylic acids is 2. The molecule has 0 spiro atoms. The Morgan fingerprint density at radius 3 is 2.22 bits per heavy atom. The lowest BCUT2D eigenvalue weighted by Gasteiger charge is -2.28. The molecule has 14 heteroatoms. The monoisotopic (exact) mass is 475 g/mol. The van der Waals surface area contributed by atoms with Crippen molar-refractivity contribution < 1.29 is 39.0 Å². The first-order valence-corrected chi connectivity index (χ1v) is 10.6. The molecule has 4 unspecified atom stereocenters. The molecule has 0 bridgehead atoms. The quantitative estimate of drug-likeness (QED) is 0.139. The molecule has 1 aliphatic rings. The van der Waals surface area contributed by atoms with E-state index in [9.17, 15) is 28.8 Å². The third-order valence-corrected chi connectivity index (χ3v) is 5.30. The van der Waals surface area contributed by atoms with Gasteiger partial charge in [0, 0.05) is 25.1 Å². The van der Waals surface area contributed by atoms with Crippen molar-refractivity contribution in [1.82, 2.24) is 15.5 Å². The van der Waals surface area contributed by atoms with Gasteiger partial charge in [-0.3, -0.25) is 24.0 Å². The van der Waals surface area contributed by atoms with Crippen LogP contribution in [0.1, 0.15) is 38.5 Å². The summed E-state index contributed by atoms with van der Waals surface area (Å²) in [5.41, 5.74) is 10.9. The second-order valence-electron chi connectivity index (χ2n) is 7.38. The second-order valence-corrected chi connectivity index (χ2v) is 7.74. The van der Waals surface area contributed by atoms with Gasteiger partial charge >= 0.3 is 11.9 Å². The van der Waals surface area contributed by atoms with Crippen LogP contribution in [0.5, 0.6) is 0 Å². The lowest BCUT2D eigenvalue weighted by atomic mass is 10.1. The highest BCUT2D eigenvalue weighted by Crippen LogP contribution is 2.19.